The number of carbonyl (C=O) groups excluding carboxylic acids is 2. The van der Waals surface area contributed by atoms with Crippen molar-refractivity contribution in [1.82, 2.24) is 4.90 Å². The van der Waals surface area contributed by atoms with E-state index in [1.54, 1.807) is 25.3 Å². The molecule has 1 aliphatic rings. The average molecular weight is 387 g/mol. The maximum absolute atomic E-state index is 12.7. The van der Waals surface area contributed by atoms with Gasteiger partial charge in [-0.05, 0) is 49.6 Å². The number of methoxy groups -OCH3 is 1. The molecule has 1 N–H and O–H groups in total. The van der Waals surface area contributed by atoms with E-state index >= 15 is 0 Å². The largest absolute Gasteiger partial charge is 0.495 e. The fraction of sp³-hybridized carbons (Fsp3) is 0.333. The highest BCUT2D eigenvalue weighted by molar-refractivity contribution is 6.31. The van der Waals surface area contributed by atoms with Crippen molar-refractivity contribution in [3.63, 3.8) is 0 Å². The molecule has 0 aliphatic carbocycles. The Morgan fingerprint density at radius 2 is 1.85 bits per heavy atom. The van der Waals surface area contributed by atoms with Gasteiger partial charge in [0, 0.05) is 29.6 Å². The van der Waals surface area contributed by atoms with Crippen molar-refractivity contribution in [2.75, 3.05) is 25.5 Å². The van der Waals surface area contributed by atoms with Gasteiger partial charge in [-0.15, -0.1) is 0 Å². The normalized spacial score (nSPS) is 14.7. The summed E-state index contributed by atoms with van der Waals surface area (Å²) in [4.78, 5) is 27.2. The zero-order chi connectivity index (χ0) is 19.4. The number of halogens is 1. The number of hydrogen-bond donors (Lipinski definition) is 1. The number of nitrogens with one attached hydrogen (secondary N) is 1. The highest BCUT2D eigenvalue weighted by Gasteiger charge is 2.28. The third kappa shape index (κ3) is 4.42. The minimum atomic E-state index is -0.144. The molecule has 0 bridgehead atoms. The van der Waals surface area contributed by atoms with Crippen LogP contribution >= 0.6 is 11.6 Å². The molecule has 6 heteroatoms. The molecule has 27 heavy (non-hydrogen) atoms. The van der Waals surface area contributed by atoms with E-state index in [1.807, 2.05) is 36.1 Å². The summed E-state index contributed by atoms with van der Waals surface area (Å²) in [6, 6.07) is 12.7. The molecule has 0 atom stereocenters. The van der Waals surface area contributed by atoms with Crippen molar-refractivity contribution in [1.29, 1.82) is 0 Å². The first-order valence-electron chi connectivity index (χ1n) is 8.99. The van der Waals surface area contributed by atoms with Crippen LogP contribution in [0.15, 0.2) is 42.5 Å². The number of aryl methyl sites for hydroxylation is 1. The van der Waals surface area contributed by atoms with E-state index in [-0.39, 0.29) is 17.7 Å². The van der Waals surface area contributed by atoms with E-state index in [4.69, 9.17) is 16.3 Å². The molecule has 0 saturated carbocycles. The molecular weight excluding hydrogens is 364 g/mol. The van der Waals surface area contributed by atoms with E-state index < -0.39 is 0 Å². The Balaban J connectivity index is 1.61. The predicted octanol–water partition coefficient (Wildman–Crippen LogP) is 4.15. The zero-order valence-corrected chi connectivity index (χ0v) is 16.3. The van der Waals surface area contributed by atoms with E-state index in [0.717, 1.165) is 11.1 Å². The Hall–Kier alpha value is -2.53. The molecule has 0 radical (unpaired) electrons. The van der Waals surface area contributed by atoms with Crippen LogP contribution in [0.25, 0.3) is 0 Å². The van der Waals surface area contributed by atoms with Crippen LogP contribution in [0.4, 0.5) is 5.69 Å². The number of piperidine rings is 1. The first-order chi connectivity index (χ1) is 13.0. The SMILES string of the molecule is COc1ccc(Cl)cc1NC(=O)C1CCN(C(=O)c2ccccc2C)CC1. The molecule has 142 valence electrons. The number of ether oxygens (including phenoxy) is 1. The molecule has 2 aromatic rings. The number of amides is 2. The van der Waals surface area contributed by atoms with Crippen molar-refractivity contribution in [2.45, 2.75) is 19.8 Å². The van der Waals surface area contributed by atoms with E-state index in [0.29, 0.717) is 42.4 Å². The number of benzene rings is 2. The van der Waals surface area contributed by atoms with Crippen LogP contribution < -0.4 is 10.1 Å². The molecule has 3 rings (SSSR count). The molecule has 1 saturated heterocycles. The lowest BCUT2D eigenvalue weighted by Gasteiger charge is -2.31. The number of likely N-dealkylation sites (tertiary alicyclic amines) is 1. The van der Waals surface area contributed by atoms with Gasteiger partial charge in [0.15, 0.2) is 0 Å². The number of carbonyl (C=O) groups is 2. The first-order valence-corrected chi connectivity index (χ1v) is 9.36. The van der Waals surface area contributed by atoms with Crippen LogP contribution in [0.5, 0.6) is 5.75 Å². The lowest BCUT2D eigenvalue weighted by atomic mass is 9.95. The first kappa shape index (κ1) is 19.2. The summed E-state index contributed by atoms with van der Waals surface area (Å²) < 4.78 is 5.27. The van der Waals surface area contributed by atoms with Gasteiger partial charge in [0.05, 0.1) is 12.8 Å². The smallest absolute Gasteiger partial charge is 0.254 e. The number of anilines is 1. The molecule has 1 aliphatic heterocycles. The standard InChI is InChI=1S/C21H23ClN2O3/c1-14-5-3-4-6-17(14)21(26)24-11-9-15(10-12-24)20(25)23-18-13-16(22)7-8-19(18)27-2/h3-8,13,15H,9-12H2,1-2H3,(H,23,25). The summed E-state index contributed by atoms with van der Waals surface area (Å²) >= 11 is 6.02. The Bertz CT molecular complexity index is 845. The van der Waals surface area contributed by atoms with Crippen molar-refractivity contribution in [3.05, 3.63) is 58.6 Å². The van der Waals surface area contributed by atoms with Crippen molar-refractivity contribution < 1.29 is 14.3 Å². The van der Waals surface area contributed by atoms with E-state index in [2.05, 4.69) is 5.32 Å². The van der Waals surface area contributed by atoms with Gasteiger partial charge in [-0.1, -0.05) is 29.8 Å². The van der Waals surface area contributed by atoms with Crippen LogP contribution in [-0.4, -0.2) is 36.9 Å². The summed E-state index contributed by atoms with van der Waals surface area (Å²) in [6.45, 7) is 3.07. The summed E-state index contributed by atoms with van der Waals surface area (Å²) in [5.41, 5.74) is 2.26. The van der Waals surface area contributed by atoms with Crippen LogP contribution in [0.1, 0.15) is 28.8 Å². The van der Waals surface area contributed by atoms with Crippen LogP contribution in [0.2, 0.25) is 5.02 Å². The summed E-state index contributed by atoms with van der Waals surface area (Å²) in [5, 5.41) is 3.44. The predicted molar refractivity (Wildman–Crippen MR) is 106 cm³/mol. The van der Waals surface area contributed by atoms with Gasteiger partial charge in [-0.2, -0.15) is 0 Å². The lowest BCUT2D eigenvalue weighted by molar-refractivity contribution is -0.121. The van der Waals surface area contributed by atoms with Crippen LogP contribution in [0.3, 0.4) is 0 Å². The summed E-state index contributed by atoms with van der Waals surface area (Å²) in [5.74, 6) is 0.386. The van der Waals surface area contributed by atoms with Gasteiger partial charge in [-0.25, -0.2) is 0 Å². The Labute approximate surface area is 164 Å². The summed E-state index contributed by atoms with van der Waals surface area (Å²) in [7, 11) is 1.55. The fourth-order valence-corrected chi connectivity index (χ4v) is 3.51. The van der Waals surface area contributed by atoms with Gasteiger partial charge < -0.3 is 15.0 Å². The average Bonchev–Trinajstić information content (AvgIpc) is 2.68. The van der Waals surface area contributed by atoms with Crippen molar-refractivity contribution >= 4 is 29.1 Å². The Morgan fingerprint density at radius 3 is 2.52 bits per heavy atom. The molecule has 1 heterocycles. The fourth-order valence-electron chi connectivity index (χ4n) is 3.34. The summed E-state index contributed by atoms with van der Waals surface area (Å²) in [6.07, 6.45) is 1.26. The number of nitrogens with zero attached hydrogens (tertiary/aromatic N) is 1. The molecule has 0 spiro atoms. The van der Waals surface area contributed by atoms with Crippen molar-refractivity contribution in [3.8, 4) is 5.75 Å². The monoisotopic (exact) mass is 386 g/mol. The number of rotatable bonds is 4. The Morgan fingerprint density at radius 1 is 1.15 bits per heavy atom. The molecule has 0 aromatic heterocycles. The van der Waals surface area contributed by atoms with E-state index in [1.165, 1.54) is 0 Å². The lowest BCUT2D eigenvalue weighted by Crippen LogP contribution is -2.41. The van der Waals surface area contributed by atoms with Gasteiger partial charge in [0.1, 0.15) is 5.75 Å². The van der Waals surface area contributed by atoms with Gasteiger partial charge in [0.2, 0.25) is 5.91 Å². The van der Waals surface area contributed by atoms with Gasteiger partial charge in [-0.3, -0.25) is 9.59 Å². The van der Waals surface area contributed by atoms with Crippen molar-refractivity contribution in [2.24, 2.45) is 5.92 Å². The second kappa shape index (κ2) is 8.44. The molecule has 2 amide bonds. The highest BCUT2D eigenvalue weighted by atomic mass is 35.5. The van der Waals surface area contributed by atoms with Crippen LogP contribution in [0, 0.1) is 12.8 Å². The third-order valence-corrected chi connectivity index (χ3v) is 5.18. The third-order valence-electron chi connectivity index (χ3n) is 4.95. The van der Waals surface area contributed by atoms with Crippen LogP contribution in [-0.2, 0) is 4.79 Å². The molecule has 0 unspecified atom stereocenters. The molecular formula is C21H23ClN2O3. The minimum absolute atomic E-state index is 0.0310. The quantitative estimate of drug-likeness (QED) is 0.858. The topological polar surface area (TPSA) is 58.6 Å². The zero-order valence-electron chi connectivity index (χ0n) is 15.5. The van der Waals surface area contributed by atoms with Gasteiger partial charge in [0.25, 0.3) is 5.91 Å². The number of hydrogen-bond acceptors (Lipinski definition) is 3. The molecule has 2 aromatic carbocycles. The van der Waals surface area contributed by atoms with Gasteiger partial charge >= 0.3 is 0 Å². The Kier molecular flexibility index (Phi) is 6.01. The maximum atomic E-state index is 12.7. The second-order valence-corrected chi connectivity index (χ2v) is 7.15. The second-order valence-electron chi connectivity index (χ2n) is 6.72. The minimum Gasteiger partial charge on any atom is -0.495 e. The highest BCUT2D eigenvalue weighted by Crippen LogP contribution is 2.29. The maximum Gasteiger partial charge on any atom is 0.254 e. The van der Waals surface area contributed by atoms with E-state index in [9.17, 15) is 9.59 Å². The molecule has 5 nitrogen and oxygen atoms in total. The molecule has 1 fully saturated rings.